The minimum Gasteiger partial charge on any atom is -0.495 e. The van der Waals surface area contributed by atoms with Crippen molar-refractivity contribution in [1.29, 1.82) is 0 Å². The number of hydrogen-bond acceptors (Lipinski definition) is 4. The molecule has 2 aromatic rings. The van der Waals surface area contributed by atoms with Gasteiger partial charge in [-0.1, -0.05) is 29.3 Å². The molecular formula is C19H23ClN2O2S. The first-order valence-corrected chi connectivity index (χ1v) is 9.35. The standard InChI is InChI=1S/C19H23ClN2O2S/c1-14-4-7-16(8-5-14)25-11-10-22(2)13-19(23)21-17-12-15(20)6-9-18(17)24-3/h4-9,12H,10-11,13H2,1-3H3,(H,21,23). The van der Waals surface area contributed by atoms with Crippen molar-refractivity contribution in [2.75, 3.05) is 38.3 Å². The lowest BCUT2D eigenvalue weighted by Gasteiger charge is -2.17. The summed E-state index contributed by atoms with van der Waals surface area (Å²) in [4.78, 5) is 15.5. The maximum absolute atomic E-state index is 12.2. The van der Waals surface area contributed by atoms with Gasteiger partial charge in [0.25, 0.3) is 0 Å². The second kappa shape index (κ2) is 9.70. The zero-order valence-corrected chi connectivity index (χ0v) is 16.3. The number of anilines is 1. The number of amides is 1. The van der Waals surface area contributed by atoms with Gasteiger partial charge in [0.15, 0.2) is 0 Å². The fraction of sp³-hybridized carbons (Fsp3) is 0.316. The van der Waals surface area contributed by atoms with E-state index in [-0.39, 0.29) is 5.91 Å². The summed E-state index contributed by atoms with van der Waals surface area (Å²) in [5.41, 5.74) is 1.84. The summed E-state index contributed by atoms with van der Waals surface area (Å²) in [5.74, 6) is 1.42. The van der Waals surface area contributed by atoms with Crippen LogP contribution in [0.2, 0.25) is 5.02 Å². The lowest BCUT2D eigenvalue weighted by molar-refractivity contribution is -0.117. The molecule has 0 spiro atoms. The second-order valence-electron chi connectivity index (χ2n) is 5.79. The van der Waals surface area contributed by atoms with Crippen LogP contribution in [-0.4, -0.2) is 43.8 Å². The fourth-order valence-corrected chi connectivity index (χ4v) is 3.38. The first kappa shape index (κ1) is 19.6. The minimum atomic E-state index is -0.0941. The fourth-order valence-electron chi connectivity index (χ4n) is 2.25. The van der Waals surface area contributed by atoms with Crippen molar-refractivity contribution in [1.82, 2.24) is 4.90 Å². The molecular weight excluding hydrogens is 356 g/mol. The average Bonchev–Trinajstić information content (AvgIpc) is 2.57. The number of halogens is 1. The smallest absolute Gasteiger partial charge is 0.238 e. The summed E-state index contributed by atoms with van der Waals surface area (Å²) < 4.78 is 5.24. The summed E-state index contributed by atoms with van der Waals surface area (Å²) in [7, 11) is 3.50. The van der Waals surface area contributed by atoms with Gasteiger partial charge in [0.2, 0.25) is 5.91 Å². The predicted molar refractivity (Wildman–Crippen MR) is 106 cm³/mol. The number of thioether (sulfide) groups is 1. The Morgan fingerprint density at radius 2 is 1.96 bits per heavy atom. The molecule has 0 saturated heterocycles. The van der Waals surface area contributed by atoms with Crippen LogP contribution in [0.5, 0.6) is 5.75 Å². The van der Waals surface area contributed by atoms with E-state index in [4.69, 9.17) is 16.3 Å². The third-order valence-corrected chi connectivity index (χ3v) is 4.84. The van der Waals surface area contributed by atoms with Gasteiger partial charge in [0.1, 0.15) is 5.75 Å². The average molecular weight is 379 g/mol. The van der Waals surface area contributed by atoms with Crippen LogP contribution in [0.3, 0.4) is 0 Å². The van der Waals surface area contributed by atoms with E-state index in [1.807, 2.05) is 11.9 Å². The number of methoxy groups -OCH3 is 1. The Morgan fingerprint density at radius 3 is 2.64 bits per heavy atom. The Labute approximate surface area is 158 Å². The Balaban J connectivity index is 1.78. The highest BCUT2D eigenvalue weighted by molar-refractivity contribution is 7.99. The topological polar surface area (TPSA) is 41.6 Å². The molecule has 134 valence electrons. The number of carbonyl (C=O) groups is 1. The van der Waals surface area contributed by atoms with Crippen LogP contribution in [0.1, 0.15) is 5.56 Å². The third-order valence-electron chi connectivity index (χ3n) is 3.61. The number of ether oxygens (including phenoxy) is 1. The van der Waals surface area contributed by atoms with Crippen molar-refractivity contribution in [3.63, 3.8) is 0 Å². The number of likely N-dealkylation sites (N-methyl/N-ethyl adjacent to an activating group) is 1. The zero-order valence-electron chi connectivity index (χ0n) is 14.7. The Bertz CT molecular complexity index is 707. The lowest BCUT2D eigenvalue weighted by atomic mass is 10.2. The van der Waals surface area contributed by atoms with Crippen molar-refractivity contribution in [2.24, 2.45) is 0 Å². The van der Waals surface area contributed by atoms with Gasteiger partial charge in [-0.3, -0.25) is 9.69 Å². The molecule has 1 amide bonds. The second-order valence-corrected chi connectivity index (χ2v) is 7.40. The SMILES string of the molecule is COc1ccc(Cl)cc1NC(=O)CN(C)CCSc1ccc(C)cc1. The summed E-state index contributed by atoms with van der Waals surface area (Å²) in [6.45, 7) is 3.21. The molecule has 0 aliphatic rings. The van der Waals surface area contributed by atoms with Crippen LogP contribution in [0, 0.1) is 6.92 Å². The molecule has 6 heteroatoms. The molecule has 25 heavy (non-hydrogen) atoms. The number of nitrogens with zero attached hydrogens (tertiary/aromatic N) is 1. The largest absolute Gasteiger partial charge is 0.495 e. The van der Waals surface area contributed by atoms with Crippen molar-refractivity contribution in [3.8, 4) is 5.75 Å². The molecule has 0 aliphatic carbocycles. The lowest BCUT2D eigenvalue weighted by Crippen LogP contribution is -2.31. The highest BCUT2D eigenvalue weighted by atomic mass is 35.5. The number of carbonyl (C=O) groups excluding carboxylic acids is 1. The number of nitrogens with one attached hydrogen (secondary N) is 1. The molecule has 0 fully saturated rings. The Kier molecular flexibility index (Phi) is 7.62. The van der Waals surface area contributed by atoms with Crippen molar-refractivity contribution in [3.05, 3.63) is 53.1 Å². The molecule has 2 rings (SSSR count). The van der Waals surface area contributed by atoms with Crippen molar-refractivity contribution in [2.45, 2.75) is 11.8 Å². The third kappa shape index (κ3) is 6.61. The van der Waals surface area contributed by atoms with E-state index in [1.165, 1.54) is 10.5 Å². The first-order valence-electron chi connectivity index (χ1n) is 7.99. The first-order chi connectivity index (χ1) is 12.0. The summed E-state index contributed by atoms with van der Waals surface area (Å²) in [6, 6.07) is 13.6. The Hall–Kier alpha value is -1.69. The van der Waals surface area contributed by atoms with Crippen molar-refractivity contribution >= 4 is 35.0 Å². The van der Waals surface area contributed by atoms with Gasteiger partial charge in [0.05, 0.1) is 19.3 Å². The molecule has 0 heterocycles. The zero-order chi connectivity index (χ0) is 18.2. The maximum atomic E-state index is 12.2. The molecule has 4 nitrogen and oxygen atoms in total. The number of aryl methyl sites for hydroxylation is 1. The van der Waals surface area contributed by atoms with Crippen LogP contribution in [0.15, 0.2) is 47.4 Å². The summed E-state index contributed by atoms with van der Waals surface area (Å²) in [6.07, 6.45) is 0. The molecule has 0 radical (unpaired) electrons. The van der Waals surface area contributed by atoms with Crippen molar-refractivity contribution < 1.29 is 9.53 Å². The van der Waals surface area contributed by atoms with Gasteiger partial charge in [-0.15, -0.1) is 11.8 Å². The van der Waals surface area contributed by atoms with Crippen LogP contribution in [0.4, 0.5) is 5.69 Å². The van der Waals surface area contributed by atoms with Gasteiger partial charge < -0.3 is 10.1 Å². The van der Waals surface area contributed by atoms with Crippen LogP contribution < -0.4 is 10.1 Å². The quantitative estimate of drug-likeness (QED) is 0.694. The Morgan fingerprint density at radius 1 is 1.24 bits per heavy atom. The van der Waals surface area contributed by atoms with Crippen LogP contribution >= 0.6 is 23.4 Å². The van der Waals surface area contributed by atoms with E-state index in [0.29, 0.717) is 23.0 Å². The number of benzene rings is 2. The van der Waals surface area contributed by atoms with Crippen LogP contribution in [-0.2, 0) is 4.79 Å². The van der Waals surface area contributed by atoms with E-state index >= 15 is 0 Å². The van der Waals surface area contributed by atoms with Gasteiger partial charge >= 0.3 is 0 Å². The van der Waals surface area contributed by atoms with Gasteiger partial charge in [0, 0.05) is 22.2 Å². The van der Waals surface area contributed by atoms with E-state index in [2.05, 4.69) is 36.5 Å². The maximum Gasteiger partial charge on any atom is 0.238 e. The monoisotopic (exact) mass is 378 g/mol. The number of hydrogen-bond donors (Lipinski definition) is 1. The molecule has 0 bridgehead atoms. The van der Waals surface area contributed by atoms with Gasteiger partial charge in [-0.05, 0) is 44.3 Å². The highest BCUT2D eigenvalue weighted by Gasteiger charge is 2.10. The van der Waals surface area contributed by atoms with E-state index in [9.17, 15) is 4.79 Å². The molecule has 1 N–H and O–H groups in total. The molecule has 2 aromatic carbocycles. The molecule has 0 unspecified atom stereocenters. The molecule has 0 aliphatic heterocycles. The predicted octanol–water partition coefficient (Wildman–Crippen LogP) is 4.32. The summed E-state index contributed by atoms with van der Waals surface area (Å²) in [5, 5.41) is 3.41. The van der Waals surface area contributed by atoms with Crippen LogP contribution in [0.25, 0.3) is 0 Å². The van der Waals surface area contributed by atoms with Gasteiger partial charge in [-0.25, -0.2) is 0 Å². The minimum absolute atomic E-state index is 0.0941. The normalized spacial score (nSPS) is 10.8. The highest BCUT2D eigenvalue weighted by Crippen LogP contribution is 2.27. The van der Waals surface area contributed by atoms with E-state index in [1.54, 1.807) is 37.1 Å². The number of rotatable bonds is 8. The van der Waals surface area contributed by atoms with Gasteiger partial charge in [-0.2, -0.15) is 0 Å². The van der Waals surface area contributed by atoms with E-state index < -0.39 is 0 Å². The molecule has 0 aromatic heterocycles. The summed E-state index contributed by atoms with van der Waals surface area (Å²) >= 11 is 7.77. The van der Waals surface area contributed by atoms with E-state index in [0.717, 1.165) is 12.3 Å². The molecule has 0 saturated carbocycles. The molecule has 0 atom stereocenters.